The standard InChI is InChI=1S/C17H26N2O3/c1-7-22-14-9-8-11(2)10-13(14)12(3)18-15(20)16(21)19-17(4,5)6/h8-10,12H,7H2,1-6H3,(H,18,20)(H,19,21). The Bertz CT molecular complexity index is 547. The number of hydrogen-bond acceptors (Lipinski definition) is 3. The summed E-state index contributed by atoms with van der Waals surface area (Å²) in [4.78, 5) is 23.8. The average molecular weight is 306 g/mol. The number of ether oxygens (including phenoxy) is 1. The van der Waals surface area contributed by atoms with Crippen molar-refractivity contribution in [2.75, 3.05) is 6.61 Å². The Labute approximate surface area is 132 Å². The molecule has 122 valence electrons. The fourth-order valence-electron chi connectivity index (χ4n) is 2.03. The van der Waals surface area contributed by atoms with Crippen LogP contribution in [0.1, 0.15) is 51.8 Å². The van der Waals surface area contributed by atoms with Crippen LogP contribution in [0.15, 0.2) is 18.2 Å². The minimum Gasteiger partial charge on any atom is -0.494 e. The van der Waals surface area contributed by atoms with Crippen LogP contribution < -0.4 is 15.4 Å². The van der Waals surface area contributed by atoms with Gasteiger partial charge in [-0.05, 0) is 47.6 Å². The van der Waals surface area contributed by atoms with Gasteiger partial charge < -0.3 is 15.4 Å². The van der Waals surface area contributed by atoms with Gasteiger partial charge in [0, 0.05) is 11.1 Å². The molecule has 1 aromatic carbocycles. The van der Waals surface area contributed by atoms with E-state index in [4.69, 9.17) is 4.74 Å². The van der Waals surface area contributed by atoms with E-state index in [9.17, 15) is 9.59 Å². The molecule has 1 atom stereocenters. The van der Waals surface area contributed by atoms with Crippen LogP contribution in [0.25, 0.3) is 0 Å². The molecule has 1 aromatic rings. The highest BCUT2D eigenvalue weighted by molar-refractivity contribution is 6.35. The number of rotatable bonds is 4. The van der Waals surface area contributed by atoms with Gasteiger partial charge in [0.2, 0.25) is 0 Å². The highest BCUT2D eigenvalue weighted by atomic mass is 16.5. The van der Waals surface area contributed by atoms with Crippen molar-refractivity contribution in [1.82, 2.24) is 10.6 Å². The van der Waals surface area contributed by atoms with E-state index in [1.807, 2.05) is 59.7 Å². The molecule has 0 spiro atoms. The maximum absolute atomic E-state index is 12.0. The quantitative estimate of drug-likeness (QED) is 0.840. The van der Waals surface area contributed by atoms with Gasteiger partial charge in [0.25, 0.3) is 0 Å². The monoisotopic (exact) mass is 306 g/mol. The molecule has 22 heavy (non-hydrogen) atoms. The summed E-state index contributed by atoms with van der Waals surface area (Å²) in [5.41, 5.74) is 1.48. The lowest BCUT2D eigenvalue weighted by Crippen LogP contribution is -2.48. The Morgan fingerprint density at radius 2 is 1.86 bits per heavy atom. The molecule has 5 heteroatoms. The third-order valence-corrected chi connectivity index (χ3v) is 2.97. The number of hydrogen-bond donors (Lipinski definition) is 2. The first kappa shape index (κ1) is 18.0. The van der Waals surface area contributed by atoms with Gasteiger partial charge in [-0.25, -0.2) is 0 Å². The third kappa shape index (κ3) is 5.39. The third-order valence-electron chi connectivity index (χ3n) is 2.97. The van der Waals surface area contributed by atoms with Crippen LogP contribution in [-0.4, -0.2) is 24.0 Å². The summed E-state index contributed by atoms with van der Waals surface area (Å²) in [5, 5.41) is 5.36. The Balaban J connectivity index is 2.84. The molecule has 0 aliphatic rings. The predicted octanol–water partition coefficient (Wildman–Crippen LogP) is 2.49. The van der Waals surface area contributed by atoms with Gasteiger partial charge in [-0.15, -0.1) is 0 Å². The molecule has 0 aromatic heterocycles. The Morgan fingerprint density at radius 1 is 1.23 bits per heavy atom. The lowest BCUT2D eigenvalue weighted by Gasteiger charge is -2.22. The van der Waals surface area contributed by atoms with Crippen LogP contribution in [-0.2, 0) is 9.59 Å². The van der Waals surface area contributed by atoms with Gasteiger partial charge in [0.1, 0.15) is 5.75 Å². The first-order valence-corrected chi connectivity index (χ1v) is 7.50. The highest BCUT2D eigenvalue weighted by Crippen LogP contribution is 2.26. The number of nitrogens with one attached hydrogen (secondary N) is 2. The summed E-state index contributed by atoms with van der Waals surface area (Å²) in [6.45, 7) is 11.7. The van der Waals surface area contributed by atoms with Crippen molar-refractivity contribution < 1.29 is 14.3 Å². The second kappa shape index (κ2) is 7.29. The second-order valence-electron chi connectivity index (χ2n) is 6.37. The lowest BCUT2D eigenvalue weighted by molar-refractivity contribution is -0.140. The van der Waals surface area contributed by atoms with Crippen molar-refractivity contribution in [2.45, 2.75) is 53.1 Å². The van der Waals surface area contributed by atoms with Gasteiger partial charge in [-0.2, -0.15) is 0 Å². The Kier molecular flexibility index (Phi) is 5.97. The van der Waals surface area contributed by atoms with E-state index in [0.29, 0.717) is 6.61 Å². The van der Waals surface area contributed by atoms with Crippen LogP contribution in [0.2, 0.25) is 0 Å². The summed E-state index contributed by atoms with van der Waals surface area (Å²) < 4.78 is 5.58. The second-order valence-corrected chi connectivity index (χ2v) is 6.37. The van der Waals surface area contributed by atoms with E-state index >= 15 is 0 Å². The van der Waals surface area contributed by atoms with Crippen LogP contribution in [0, 0.1) is 6.92 Å². The van der Waals surface area contributed by atoms with Crippen molar-refractivity contribution in [3.8, 4) is 5.75 Å². The van der Waals surface area contributed by atoms with Crippen LogP contribution in [0.3, 0.4) is 0 Å². The number of carbonyl (C=O) groups excluding carboxylic acids is 2. The summed E-state index contributed by atoms with van der Waals surface area (Å²) in [6.07, 6.45) is 0. The van der Waals surface area contributed by atoms with Crippen molar-refractivity contribution in [1.29, 1.82) is 0 Å². The zero-order valence-electron chi connectivity index (χ0n) is 14.2. The average Bonchev–Trinajstić information content (AvgIpc) is 2.38. The van der Waals surface area contributed by atoms with Crippen LogP contribution in [0.5, 0.6) is 5.75 Å². The zero-order chi connectivity index (χ0) is 16.9. The maximum atomic E-state index is 12.0. The van der Waals surface area contributed by atoms with E-state index in [2.05, 4.69) is 10.6 Å². The molecular formula is C17H26N2O3. The smallest absolute Gasteiger partial charge is 0.309 e. The van der Waals surface area contributed by atoms with Crippen molar-refractivity contribution in [3.63, 3.8) is 0 Å². The van der Waals surface area contributed by atoms with Crippen molar-refractivity contribution in [2.24, 2.45) is 0 Å². The predicted molar refractivity (Wildman–Crippen MR) is 86.8 cm³/mol. The molecule has 1 unspecified atom stereocenters. The fraction of sp³-hybridized carbons (Fsp3) is 0.529. The summed E-state index contributed by atoms with van der Waals surface area (Å²) in [6, 6.07) is 5.47. The van der Waals surface area contributed by atoms with Gasteiger partial charge in [-0.3, -0.25) is 9.59 Å². The van der Waals surface area contributed by atoms with Crippen molar-refractivity contribution in [3.05, 3.63) is 29.3 Å². The van der Waals surface area contributed by atoms with Gasteiger partial charge in [0.05, 0.1) is 12.6 Å². The molecular weight excluding hydrogens is 280 g/mol. The normalized spacial score (nSPS) is 12.5. The highest BCUT2D eigenvalue weighted by Gasteiger charge is 2.23. The largest absolute Gasteiger partial charge is 0.494 e. The Morgan fingerprint density at radius 3 is 2.41 bits per heavy atom. The number of carbonyl (C=O) groups is 2. The molecule has 0 saturated heterocycles. The topological polar surface area (TPSA) is 67.4 Å². The molecule has 0 heterocycles. The van der Waals surface area contributed by atoms with E-state index in [0.717, 1.165) is 16.9 Å². The molecule has 0 saturated carbocycles. The molecule has 1 rings (SSSR count). The molecule has 0 aliphatic carbocycles. The summed E-state index contributed by atoms with van der Waals surface area (Å²) >= 11 is 0. The van der Waals surface area contributed by atoms with Gasteiger partial charge in [0.15, 0.2) is 0 Å². The van der Waals surface area contributed by atoms with Gasteiger partial charge >= 0.3 is 11.8 Å². The van der Waals surface area contributed by atoms with Crippen molar-refractivity contribution >= 4 is 11.8 Å². The molecule has 2 N–H and O–H groups in total. The zero-order valence-corrected chi connectivity index (χ0v) is 14.2. The summed E-state index contributed by atoms with van der Waals surface area (Å²) in [5.74, 6) is -0.562. The first-order chi connectivity index (χ1) is 10.1. The summed E-state index contributed by atoms with van der Waals surface area (Å²) in [7, 11) is 0. The van der Waals surface area contributed by atoms with E-state index in [1.54, 1.807) is 0 Å². The number of aryl methyl sites for hydroxylation is 1. The van der Waals surface area contributed by atoms with E-state index < -0.39 is 17.4 Å². The van der Waals surface area contributed by atoms with Crippen LogP contribution in [0.4, 0.5) is 0 Å². The molecule has 0 bridgehead atoms. The molecule has 0 fully saturated rings. The molecule has 0 radical (unpaired) electrons. The van der Waals surface area contributed by atoms with E-state index in [-0.39, 0.29) is 6.04 Å². The molecule has 5 nitrogen and oxygen atoms in total. The number of benzene rings is 1. The minimum atomic E-state index is -0.647. The maximum Gasteiger partial charge on any atom is 0.309 e. The van der Waals surface area contributed by atoms with Crippen LogP contribution >= 0.6 is 0 Å². The Hall–Kier alpha value is -2.04. The SMILES string of the molecule is CCOc1ccc(C)cc1C(C)NC(=O)C(=O)NC(C)(C)C. The fourth-order valence-corrected chi connectivity index (χ4v) is 2.03. The first-order valence-electron chi connectivity index (χ1n) is 7.50. The minimum absolute atomic E-state index is 0.320. The molecule has 2 amide bonds. The molecule has 0 aliphatic heterocycles. The van der Waals surface area contributed by atoms with Gasteiger partial charge in [-0.1, -0.05) is 17.7 Å². The van der Waals surface area contributed by atoms with E-state index in [1.165, 1.54) is 0 Å². The number of amides is 2. The lowest BCUT2D eigenvalue weighted by atomic mass is 10.0.